The molecule has 0 unspecified atom stereocenters. The van der Waals surface area contributed by atoms with E-state index in [1.165, 1.54) is 23.7 Å². The Hall–Kier alpha value is -2.64. The second-order valence-corrected chi connectivity index (χ2v) is 7.57. The van der Waals surface area contributed by atoms with E-state index in [-0.39, 0.29) is 24.3 Å². The fraction of sp³-hybridized carbons (Fsp3) is 0.471. The molecule has 3 rings (SSSR count). The molecule has 1 aliphatic rings. The summed E-state index contributed by atoms with van der Waals surface area (Å²) in [6, 6.07) is 2.09. The lowest BCUT2D eigenvalue weighted by molar-refractivity contribution is -0.117. The number of primary amides is 1. The van der Waals surface area contributed by atoms with Gasteiger partial charge in [0.25, 0.3) is 0 Å². The summed E-state index contributed by atoms with van der Waals surface area (Å²) >= 11 is 1.19. The molecule has 0 aliphatic carbocycles. The van der Waals surface area contributed by atoms with E-state index < -0.39 is 11.9 Å². The van der Waals surface area contributed by atoms with Gasteiger partial charge >= 0.3 is 0 Å². The molecule has 1 saturated heterocycles. The van der Waals surface area contributed by atoms with E-state index in [9.17, 15) is 9.18 Å². The van der Waals surface area contributed by atoms with Gasteiger partial charge in [0.2, 0.25) is 17.7 Å². The number of halogens is 1. The maximum atomic E-state index is 14.0. The number of ether oxygens (including phenoxy) is 1. The highest BCUT2D eigenvalue weighted by atomic mass is 32.1. The SMILES string of the molecule is C[C@H]1C[C@@H](Oc2cnc(C#N)cn2)CCN1Cc1sc(CC(N)=O)nc1F. The smallest absolute Gasteiger partial charge is 0.232 e. The monoisotopic (exact) mass is 390 g/mol. The predicted octanol–water partition coefficient (Wildman–Crippen LogP) is 1.40. The number of carbonyl (C=O) groups is 1. The van der Waals surface area contributed by atoms with Crippen LogP contribution < -0.4 is 10.5 Å². The highest BCUT2D eigenvalue weighted by Crippen LogP contribution is 2.26. The summed E-state index contributed by atoms with van der Waals surface area (Å²) in [5, 5.41) is 9.15. The molecule has 3 heterocycles. The molecule has 2 N–H and O–H groups in total. The number of aromatic nitrogens is 3. The second kappa shape index (κ2) is 8.37. The fourth-order valence-electron chi connectivity index (χ4n) is 3.01. The van der Waals surface area contributed by atoms with Gasteiger partial charge in [0.15, 0.2) is 5.69 Å². The van der Waals surface area contributed by atoms with Gasteiger partial charge in [0.1, 0.15) is 17.2 Å². The van der Waals surface area contributed by atoms with Crippen LogP contribution in [0.4, 0.5) is 4.39 Å². The molecule has 0 radical (unpaired) electrons. The van der Waals surface area contributed by atoms with Crippen molar-refractivity contribution >= 4 is 17.2 Å². The van der Waals surface area contributed by atoms with Crippen LogP contribution in [0.15, 0.2) is 12.4 Å². The lowest BCUT2D eigenvalue weighted by atomic mass is 10.0. The summed E-state index contributed by atoms with van der Waals surface area (Å²) in [4.78, 5) is 25.5. The number of nitrogens with zero attached hydrogens (tertiary/aromatic N) is 5. The summed E-state index contributed by atoms with van der Waals surface area (Å²) in [5.41, 5.74) is 5.38. The zero-order chi connectivity index (χ0) is 19.4. The number of thiazole rings is 1. The molecule has 2 atom stereocenters. The van der Waals surface area contributed by atoms with Crippen molar-refractivity contribution in [2.45, 2.75) is 44.9 Å². The summed E-state index contributed by atoms with van der Waals surface area (Å²) in [6.07, 6.45) is 4.29. The Morgan fingerprint density at radius 3 is 2.96 bits per heavy atom. The van der Waals surface area contributed by atoms with Crippen LogP contribution in [0.1, 0.15) is 35.3 Å². The van der Waals surface area contributed by atoms with Crippen molar-refractivity contribution in [3.8, 4) is 11.9 Å². The molecule has 142 valence electrons. The van der Waals surface area contributed by atoms with Crippen LogP contribution in [0.25, 0.3) is 0 Å². The minimum Gasteiger partial charge on any atom is -0.473 e. The third kappa shape index (κ3) is 4.96. The maximum Gasteiger partial charge on any atom is 0.232 e. The largest absolute Gasteiger partial charge is 0.473 e. The van der Waals surface area contributed by atoms with E-state index in [4.69, 9.17) is 15.7 Å². The fourth-order valence-corrected chi connectivity index (χ4v) is 4.00. The topological polar surface area (TPSA) is 118 Å². The number of rotatable bonds is 6. The molecule has 2 aromatic heterocycles. The highest BCUT2D eigenvalue weighted by Gasteiger charge is 2.28. The molecule has 1 aliphatic heterocycles. The first-order chi connectivity index (χ1) is 12.9. The first-order valence-electron chi connectivity index (χ1n) is 8.50. The minimum atomic E-state index is -0.533. The molecule has 0 saturated carbocycles. The van der Waals surface area contributed by atoms with Gasteiger partial charge in [-0.15, -0.1) is 11.3 Å². The average Bonchev–Trinajstić information content (AvgIpc) is 2.96. The minimum absolute atomic E-state index is 0.0183. The summed E-state index contributed by atoms with van der Waals surface area (Å²) in [6.45, 7) is 3.23. The van der Waals surface area contributed by atoms with Crippen LogP contribution in [0.3, 0.4) is 0 Å². The third-order valence-corrected chi connectivity index (χ3v) is 5.38. The maximum absolute atomic E-state index is 14.0. The van der Waals surface area contributed by atoms with Crippen molar-refractivity contribution in [3.05, 3.63) is 33.9 Å². The summed E-state index contributed by atoms with van der Waals surface area (Å²) in [7, 11) is 0. The van der Waals surface area contributed by atoms with E-state index >= 15 is 0 Å². The summed E-state index contributed by atoms with van der Waals surface area (Å²) < 4.78 is 19.9. The highest BCUT2D eigenvalue weighted by molar-refractivity contribution is 7.11. The van der Waals surface area contributed by atoms with Gasteiger partial charge in [0.05, 0.1) is 23.7 Å². The van der Waals surface area contributed by atoms with Gasteiger partial charge in [-0.2, -0.15) is 9.65 Å². The van der Waals surface area contributed by atoms with Crippen LogP contribution in [-0.4, -0.2) is 44.4 Å². The Kier molecular flexibility index (Phi) is 5.93. The van der Waals surface area contributed by atoms with Crippen LogP contribution >= 0.6 is 11.3 Å². The number of hydrogen-bond donors (Lipinski definition) is 1. The van der Waals surface area contributed by atoms with Gasteiger partial charge in [-0.25, -0.2) is 15.0 Å². The van der Waals surface area contributed by atoms with Gasteiger partial charge in [-0.1, -0.05) is 0 Å². The lowest BCUT2D eigenvalue weighted by Crippen LogP contribution is -2.43. The number of likely N-dealkylation sites (tertiary alicyclic amines) is 1. The molecule has 10 heteroatoms. The third-order valence-electron chi connectivity index (χ3n) is 4.36. The Balaban J connectivity index is 1.56. The first-order valence-corrected chi connectivity index (χ1v) is 9.31. The van der Waals surface area contributed by atoms with E-state index in [0.29, 0.717) is 22.3 Å². The van der Waals surface area contributed by atoms with E-state index in [1.807, 2.05) is 6.07 Å². The Morgan fingerprint density at radius 2 is 2.33 bits per heavy atom. The van der Waals surface area contributed by atoms with Gasteiger partial charge in [-0.05, 0) is 19.8 Å². The molecule has 2 aromatic rings. The number of nitriles is 1. The quantitative estimate of drug-likeness (QED) is 0.792. The Bertz CT molecular complexity index is 850. The van der Waals surface area contributed by atoms with E-state index in [1.54, 1.807) is 0 Å². The first kappa shape index (κ1) is 19.1. The average molecular weight is 390 g/mol. The van der Waals surface area contributed by atoms with Crippen molar-refractivity contribution in [2.75, 3.05) is 6.54 Å². The van der Waals surface area contributed by atoms with Gasteiger partial charge in [-0.3, -0.25) is 9.69 Å². The van der Waals surface area contributed by atoms with Crippen molar-refractivity contribution in [1.29, 1.82) is 5.26 Å². The van der Waals surface area contributed by atoms with Crippen molar-refractivity contribution < 1.29 is 13.9 Å². The lowest BCUT2D eigenvalue weighted by Gasteiger charge is -2.37. The van der Waals surface area contributed by atoms with Crippen molar-refractivity contribution in [3.63, 3.8) is 0 Å². The molecule has 1 amide bonds. The van der Waals surface area contributed by atoms with Crippen LogP contribution in [-0.2, 0) is 17.8 Å². The predicted molar refractivity (Wildman–Crippen MR) is 95.2 cm³/mol. The van der Waals surface area contributed by atoms with Crippen LogP contribution in [0.5, 0.6) is 5.88 Å². The standard InChI is InChI=1S/C17H19FN6O2S/c1-10-4-12(26-15-8-21-11(6-19)7-22-15)2-3-24(10)9-13-17(18)23-16(27-13)5-14(20)25/h7-8,10,12H,2-5,9H2,1H3,(H2,20,25)/t10-,12-/m0/s1. The van der Waals surface area contributed by atoms with E-state index in [0.717, 1.165) is 19.4 Å². The molecular weight excluding hydrogens is 371 g/mol. The summed E-state index contributed by atoms with van der Waals surface area (Å²) in [5.74, 6) is -0.661. The molecule has 0 bridgehead atoms. The van der Waals surface area contributed by atoms with Gasteiger partial charge < -0.3 is 10.5 Å². The number of carbonyl (C=O) groups excluding carboxylic acids is 1. The zero-order valence-electron chi connectivity index (χ0n) is 14.8. The van der Waals surface area contributed by atoms with Crippen molar-refractivity contribution in [2.24, 2.45) is 5.73 Å². The Labute approximate surface area is 159 Å². The molecular formula is C17H19FN6O2S. The normalized spacial score (nSPS) is 20.2. The van der Waals surface area contributed by atoms with Crippen LogP contribution in [0.2, 0.25) is 0 Å². The molecule has 0 spiro atoms. The molecule has 0 aromatic carbocycles. The zero-order valence-corrected chi connectivity index (χ0v) is 15.6. The van der Waals surface area contributed by atoms with Crippen LogP contribution in [0, 0.1) is 17.3 Å². The molecule has 1 fully saturated rings. The Morgan fingerprint density at radius 1 is 1.52 bits per heavy atom. The van der Waals surface area contributed by atoms with Gasteiger partial charge in [0, 0.05) is 19.1 Å². The molecule has 27 heavy (non-hydrogen) atoms. The van der Waals surface area contributed by atoms with E-state index in [2.05, 4.69) is 26.8 Å². The number of piperidine rings is 1. The molecule has 8 nitrogen and oxygen atoms in total. The second-order valence-electron chi connectivity index (χ2n) is 6.40. The van der Waals surface area contributed by atoms with Crippen molar-refractivity contribution in [1.82, 2.24) is 19.9 Å². The number of amides is 1. The number of hydrogen-bond acceptors (Lipinski definition) is 8. The number of nitrogens with two attached hydrogens (primary N) is 1.